The number of likely N-dealkylation sites (tertiary alicyclic amines) is 1. The van der Waals surface area contributed by atoms with Gasteiger partial charge in [-0.1, -0.05) is 17.2 Å². The van der Waals surface area contributed by atoms with E-state index in [0.29, 0.717) is 24.4 Å². The van der Waals surface area contributed by atoms with Gasteiger partial charge >= 0.3 is 12.1 Å². The summed E-state index contributed by atoms with van der Waals surface area (Å²) in [6.45, 7) is 5.82. The molecule has 8 heteroatoms. The van der Waals surface area contributed by atoms with Crippen molar-refractivity contribution in [3.05, 3.63) is 35.4 Å². The van der Waals surface area contributed by atoms with Gasteiger partial charge in [-0.25, -0.2) is 9.59 Å². The summed E-state index contributed by atoms with van der Waals surface area (Å²) in [5.74, 6) is -2.37. The topological polar surface area (TPSA) is 93.2 Å². The van der Waals surface area contributed by atoms with Gasteiger partial charge in [-0.2, -0.15) is 0 Å². The highest BCUT2D eigenvalue weighted by molar-refractivity contribution is 6.20. The van der Waals surface area contributed by atoms with E-state index in [9.17, 15) is 19.2 Å². The molecule has 1 aromatic rings. The lowest BCUT2D eigenvalue weighted by Crippen LogP contribution is -2.51. The predicted octanol–water partition coefficient (Wildman–Crippen LogP) is 2.92. The SMILES string of the molecule is CC(C)(C)OC(=O)N1CCC(C(=O)ON2C(=O)c3ccccc3C2=O)CC12CC2. The monoisotopic (exact) mass is 400 g/mol. The Bertz CT molecular complexity index is 864. The number of carbonyl (C=O) groups is 4. The molecule has 1 saturated heterocycles. The Morgan fingerprint density at radius 2 is 1.66 bits per heavy atom. The van der Waals surface area contributed by atoms with Crippen LogP contribution in [0.2, 0.25) is 0 Å². The first-order valence-electron chi connectivity index (χ1n) is 9.82. The van der Waals surface area contributed by atoms with Gasteiger partial charge in [0.1, 0.15) is 5.60 Å². The zero-order chi connectivity index (χ0) is 21.0. The lowest BCUT2D eigenvalue weighted by Gasteiger charge is -2.39. The molecule has 1 aromatic carbocycles. The molecule has 2 fully saturated rings. The second-order valence-corrected chi connectivity index (χ2v) is 8.91. The van der Waals surface area contributed by atoms with Crippen LogP contribution in [0.4, 0.5) is 4.79 Å². The van der Waals surface area contributed by atoms with Crippen LogP contribution in [-0.4, -0.2) is 51.5 Å². The van der Waals surface area contributed by atoms with Crippen molar-refractivity contribution in [1.29, 1.82) is 0 Å². The standard InChI is InChI=1S/C21H24N2O6/c1-20(2,3)28-19(27)22-11-8-13(12-21(22)9-10-21)18(26)29-23-16(24)14-6-4-5-7-15(14)17(23)25/h4-7,13H,8-12H2,1-3H3. The van der Waals surface area contributed by atoms with Gasteiger partial charge in [-0.05, 0) is 58.6 Å². The molecule has 3 amide bonds. The van der Waals surface area contributed by atoms with Crippen LogP contribution in [0.3, 0.4) is 0 Å². The summed E-state index contributed by atoms with van der Waals surface area (Å²) in [6, 6.07) is 6.36. The first-order chi connectivity index (χ1) is 13.6. The average Bonchev–Trinajstić information content (AvgIpc) is 3.37. The molecule has 3 aliphatic rings. The summed E-state index contributed by atoms with van der Waals surface area (Å²) in [7, 11) is 0. The first-order valence-corrected chi connectivity index (χ1v) is 9.82. The Morgan fingerprint density at radius 3 is 2.17 bits per heavy atom. The molecule has 1 saturated carbocycles. The number of ether oxygens (including phenoxy) is 1. The number of fused-ring (bicyclic) bond motifs is 1. The fourth-order valence-corrected chi connectivity index (χ4v) is 4.03. The molecule has 1 atom stereocenters. The molecule has 1 spiro atoms. The van der Waals surface area contributed by atoms with Gasteiger partial charge in [0.2, 0.25) is 0 Å². The van der Waals surface area contributed by atoms with Crippen LogP contribution in [-0.2, 0) is 14.4 Å². The summed E-state index contributed by atoms with van der Waals surface area (Å²) >= 11 is 0. The molecule has 29 heavy (non-hydrogen) atoms. The van der Waals surface area contributed by atoms with E-state index in [0.717, 1.165) is 12.8 Å². The summed E-state index contributed by atoms with van der Waals surface area (Å²) in [5, 5.41) is 0.548. The minimum atomic E-state index is -0.633. The third kappa shape index (κ3) is 3.47. The zero-order valence-electron chi connectivity index (χ0n) is 16.8. The quantitative estimate of drug-likeness (QED) is 0.709. The normalized spacial score (nSPS) is 22.5. The summed E-state index contributed by atoms with van der Waals surface area (Å²) in [5.41, 5.74) is -0.534. The molecule has 0 aromatic heterocycles. The van der Waals surface area contributed by atoms with Crippen molar-refractivity contribution in [2.45, 2.75) is 57.6 Å². The van der Waals surface area contributed by atoms with E-state index in [1.54, 1.807) is 17.0 Å². The maximum atomic E-state index is 12.7. The van der Waals surface area contributed by atoms with Gasteiger partial charge in [-0.15, -0.1) is 0 Å². The summed E-state index contributed by atoms with van der Waals surface area (Å²) in [6.07, 6.45) is 2.05. The van der Waals surface area contributed by atoms with Crippen molar-refractivity contribution >= 4 is 23.9 Å². The molecule has 2 heterocycles. The van der Waals surface area contributed by atoms with E-state index in [1.165, 1.54) is 12.1 Å². The largest absolute Gasteiger partial charge is 0.444 e. The number of nitrogens with zero attached hydrogens (tertiary/aromatic N) is 2. The molecule has 8 nitrogen and oxygen atoms in total. The number of benzene rings is 1. The van der Waals surface area contributed by atoms with Crippen molar-refractivity contribution in [2.24, 2.45) is 5.92 Å². The van der Waals surface area contributed by atoms with Crippen molar-refractivity contribution in [3.63, 3.8) is 0 Å². The summed E-state index contributed by atoms with van der Waals surface area (Å²) < 4.78 is 5.49. The van der Waals surface area contributed by atoms with E-state index < -0.39 is 34.8 Å². The van der Waals surface area contributed by atoms with Crippen LogP contribution < -0.4 is 0 Å². The minimum absolute atomic E-state index is 0.226. The first kappa shape index (κ1) is 19.4. The van der Waals surface area contributed by atoms with Gasteiger partial charge in [0.25, 0.3) is 11.8 Å². The molecule has 1 aliphatic carbocycles. The second kappa shape index (κ2) is 6.57. The molecular formula is C21H24N2O6. The third-order valence-electron chi connectivity index (χ3n) is 5.61. The number of rotatable bonds is 2. The Hall–Kier alpha value is -2.90. The molecule has 0 radical (unpaired) electrons. The van der Waals surface area contributed by atoms with Crippen molar-refractivity contribution in [1.82, 2.24) is 9.96 Å². The minimum Gasteiger partial charge on any atom is -0.444 e. The van der Waals surface area contributed by atoms with Crippen molar-refractivity contribution in [2.75, 3.05) is 6.54 Å². The zero-order valence-corrected chi connectivity index (χ0v) is 16.8. The fraction of sp³-hybridized carbons (Fsp3) is 0.524. The number of hydrogen-bond donors (Lipinski definition) is 0. The Morgan fingerprint density at radius 1 is 1.07 bits per heavy atom. The van der Waals surface area contributed by atoms with Crippen LogP contribution in [0.1, 0.15) is 67.2 Å². The highest BCUT2D eigenvalue weighted by Crippen LogP contribution is 2.50. The predicted molar refractivity (Wildman–Crippen MR) is 101 cm³/mol. The molecule has 4 rings (SSSR count). The lowest BCUT2D eigenvalue weighted by molar-refractivity contribution is -0.176. The molecule has 0 N–H and O–H groups in total. The molecule has 0 bridgehead atoms. The van der Waals surface area contributed by atoms with E-state index >= 15 is 0 Å². The maximum absolute atomic E-state index is 12.7. The number of amides is 3. The maximum Gasteiger partial charge on any atom is 0.410 e. The number of imide groups is 1. The summed E-state index contributed by atoms with van der Waals surface area (Å²) in [4.78, 5) is 57.0. The fourth-order valence-electron chi connectivity index (χ4n) is 4.03. The van der Waals surface area contributed by atoms with Crippen LogP contribution >= 0.6 is 0 Å². The van der Waals surface area contributed by atoms with Crippen LogP contribution in [0, 0.1) is 5.92 Å². The number of hydroxylamine groups is 2. The number of piperidine rings is 1. The van der Waals surface area contributed by atoms with Gasteiger partial charge < -0.3 is 14.5 Å². The highest BCUT2D eigenvalue weighted by atomic mass is 16.7. The smallest absolute Gasteiger partial charge is 0.410 e. The molecular weight excluding hydrogens is 376 g/mol. The average molecular weight is 400 g/mol. The van der Waals surface area contributed by atoms with E-state index in [4.69, 9.17) is 9.57 Å². The van der Waals surface area contributed by atoms with Gasteiger partial charge in [-0.3, -0.25) is 9.59 Å². The Balaban J connectivity index is 1.41. The second-order valence-electron chi connectivity index (χ2n) is 8.91. The Labute approximate surface area is 168 Å². The molecule has 1 unspecified atom stereocenters. The lowest BCUT2D eigenvalue weighted by atomic mass is 9.89. The van der Waals surface area contributed by atoms with E-state index in [2.05, 4.69) is 0 Å². The van der Waals surface area contributed by atoms with E-state index in [-0.39, 0.29) is 17.2 Å². The Kier molecular flexibility index (Phi) is 4.40. The van der Waals surface area contributed by atoms with Gasteiger partial charge in [0.05, 0.1) is 17.0 Å². The van der Waals surface area contributed by atoms with Crippen molar-refractivity contribution in [3.8, 4) is 0 Å². The van der Waals surface area contributed by atoms with E-state index in [1.807, 2.05) is 20.8 Å². The highest BCUT2D eigenvalue weighted by Gasteiger charge is 2.56. The van der Waals surface area contributed by atoms with Crippen LogP contribution in [0.15, 0.2) is 24.3 Å². The number of hydrogen-bond acceptors (Lipinski definition) is 6. The van der Waals surface area contributed by atoms with Crippen molar-refractivity contribution < 1.29 is 28.8 Å². The third-order valence-corrected chi connectivity index (χ3v) is 5.61. The molecule has 2 aliphatic heterocycles. The van der Waals surface area contributed by atoms with Crippen LogP contribution in [0.5, 0.6) is 0 Å². The molecule has 154 valence electrons. The number of carbonyl (C=O) groups excluding carboxylic acids is 4. The van der Waals surface area contributed by atoms with Gasteiger partial charge in [0.15, 0.2) is 0 Å². The van der Waals surface area contributed by atoms with Crippen LogP contribution in [0.25, 0.3) is 0 Å². The van der Waals surface area contributed by atoms with Gasteiger partial charge in [0, 0.05) is 12.1 Å².